The number of amides is 1. The molecule has 0 saturated heterocycles. The maximum absolute atomic E-state index is 12.3. The molecule has 110 valence electrons. The molecule has 1 fully saturated rings. The second-order valence-electron chi connectivity index (χ2n) is 5.35. The van der Waals surface area contributed by atoms with Gasteiger partial charge in [0.1, 0.15) is 11.5 Å². The number of carbonyl (C=O) groups is 1. The summed E-state index contributed by atoms with van der Waals surface area (Å²) in [5.74, 6) is 1.14. The van der Waals surface area contributed by atoms with Gasteiger partial charge in [0.25, 0.3) is 5.91 Å². The molecule has 2 atom stereocenters. The minimum absolute atomic E-state index is 0.109. The molecule has 2 unspecified atom stereocenters. The number of nitrogens with one attached hydrogen (secondary N) is 2. The predicted octanol–water partition coefficient (Wildman–Crippen LogP) is 2.61. The minimum atomic E-state index is -0.109. The van der Waals surface area contributed by atoms with E-state index in [0.29, 0.717) is 17.4 Å². The Bertz CT molecular complexity index is 449. The first-order chi connectivity index (χ1) is 9.74. The Morgan fingerprint density at radius 3 is 2.85 bits per heavy atom. The van der Waals surface area contributed by atoms with E-state index >= 15 is 0 Å². The molecule has 0 spiro atoms. The summed E-state index contributed by atoms with van der Waals surface area (Å²) in [6.07, 6.45) is 9.05. The molecule has 2 N–H and O–H groups in total. The van der Waals surface area contributed by atoms with E-state index in [1.807, 2.05) is 6.92 Å². The lowest BCUT2D eigenvalue weighted by atomic mass is 9.83. The number of nitrogens with zero attached hydrogens (tertiary/aromatic N) is 2. The lowest BCUT2D eigenvalue weighted by molar-refractivity contribution is 0.0899. The Balaban J connectivity index is 2.01. The van der Waals surface area contributed by atoms with Gasteiger partial charge in [0, 0.05) is 12.6 Å². The average molecular weight is 276 g/mol. The molecule has 1 heterocycles. The molecule has 1 amide bonds. The van der Waals surface area contributed by atoms with Crippen molar-refractivity contribution in [2.45, 2.75) is 52.0 Å². The van der Waals surface area contributed by atoms with E-state index in [9.17, 15) is 4.79 Å². The maximum atomic E-state index is 12.3. The van der Waals surface area contributed by atoms with E-state index in [-0.39, 0.29) is 11.9 Å². The van der Waals surface area contributed by atoms with Gasteiger partial charge in [-0.1, -0.05) is 26.2 Å². The molecule has 1 aromatic rings. The lowest BCUT2D eigenvalue weighted by Crippen LogP contribution is -2.42. The summed E-state index contributed by atoms with van der Waals surface area (Å²) in [6.45, 7) is 4.95. The van der Waals surface area contributed by atoms with Gasteiger partial charge in [0.05, 0.1) is 12.4 Å². The van der Waals surface area contributed by atoms with Gasteiger partial charge in [-0.3, -0.25) is 9.78 Å². The van der Waals surface area contributed by atoms with E-state index in [1.165, 1.54) is 25.5 Å². The lowest BCUT2D eigenvalue weighted by Gasteiger charge is -2.31. The smallest absolute Gasteiger partial charge is 0.271 e. The van der Waals surface area contributed by atoms with Crippen LogP contribution in [-0.4, -0.2) is 28.5 Å². The van der Waals surface area contributed by atoms with Crippen LogP contribution >= 0.6 is 0 Å². The van der Waals surface area contributed by atoms with Crippen LogP contribution in [0.5, 0.6) is 0 Å². The summed E-state index contributed by atoms with van der Waals surface area (Å²) in [5, 5.41) is 6.21. The zero-order chi connectivity index (χ0) is 14.4. The first-order valence-corrected chi connectivity index (χ1v) is 7.61. The second kappa shape index (κ2) is 7.22. The van der Waals surface area contributed by atoms with E-state index in [0.717, 1.165) is 19.4 Å². The summed E-state index contributed by atoms with van der Waals surface area (Å²) >= 11 is 0. The maximum Gasteiger partial charge on any atom is 0.271 e. The summed E-state index contributed by atoms with van der Waals surface area (Å²) < 4.78 is 0. The van der Waals surface area contributed by atoms with Gasteiger partial charge in [-0.25, -0.2) is 4.98 Å². The molecule has 20 heavy (non-hydrogen) atoms. The van der Waals surface area contributed by atoms with Crippen molar-refractivity contribution >= 4 is 11.7 Å². The first-order valence-electron chi connectivity index (χ1n) is 7.61. The number of anilines is 1. The highest BCUT2D eigenvalue weighted by Crippen LogP contribution is 2.26. The average Bonchev–Trinajstić information content (AvgIpc) is 2.48. The Labute approximate surface area is 120 Å². The normalized spacial score (nSPS) is 22.3. The zero-order valence-corrected chi connectivity index (χ0v) is 12.4. The molecular weight excluding hydrogens is 252 g/mol. The zero-order valence-electron chi connectivity index (χ0n) is 12.4. The molecule has 1 aliphatic carbocycles. The van der Waals surface area contributed by atoms with Gasteiger partial charge in [0.15, 0.2) is 0 Å². The van der Waals surface area contributed by atoms with Gasteiger partial charge in [-0.15, -0.1) is 0 Å². The van der Waals surface area contributed by atoms with Gasteiger partial charge in [-0.2, -0.15) is 0 Å². The van der Waals surface area contributed by atoms with E-state index < -0.39 is 0 Å². The van der Waals surface area contributed by atoms with E-state index in [4.69, 9.17) is 0 Å². The molecule has 5 nitrogen and oxygen atoms in total. The Morgan fingerprint density at radius 2 is 2.10 bits per heavy atom. The predicted molar refractivity (Wildman–Crippen MR) is 79.7 cm³/mol. The molecule has 5 heteroatoms. The molecule has 0 aromatic carbocycles. The molecule has 1 aliphatic rings. The number of rotatable bonds is 5. The van der Waals surface area contributed by atoms with Gasteiger partial charge < -0.3 is 10.6 Å². The Kier molecular flexibility index (Phi) is 5.32. The molecule has 0 radical (unpaired) electrons. The van der Waals surface area contributed by atoms with Crippen LogP contribution in [0.25, 0.3) is 0 Å². The van der Waals surface area contributed by atoms with Crippen LogP contribution in [0.1, 0.15) is 56.4 Å². The van der Waals surface area contributed by atoms with E-state index in [2.05, 4.69) is 27.5 Å². The molecular formula is C15H24N4O. The largest absolute Gasteiger partial charge is 0.369 e. The van der Waals surface area contributed by atoms with Gasteiger partial charge in [0.2, 0.25) is 0 Å². The third kappa shape index (κ3) is 3.68. The Morgan fingerprint density at radius 1 is 1.30 bits per heavy atom. The third-order valence-electron chi connectivity index (χ3n) is 3.98. The van der Waals surface area contributed by atoms with Crippen molar-refractivity contribution < 1.29 is 4.79 Å². The van der Waals surface area contributed by atoms with Crippen LogP contribution < -0.4 is 10.6 Å². The van der Waals surface area contributed by atoms with Crippen molar-refractivity contribution in [2.24, 2.45) is 5.92 Å². The van der Waals surface area contributed by atoms with Crippen molar-refractivity contribution in [3.8, 4) is 0 Å². The first kappa shape index (κ1) is 14.8. The number of hydrogen-bond acceptors (Lipinski definition) is 4. The van der Waals surface area contributed by atoms with E-state index in [1.54, 1.807) is 6.20 Å². The van der Waals surface area contributed by atoms with Crippen molar-refractivity contribution in [3.05, 3.63) is 18.1 Å². The summed E-state index contributed by atoms with van der Waals surface area (Å²) in [4.78, 5) is 20.7. The SMILES string of the molecule is CCNc1cncc(C(=O)NC2CCCCC2CC)n1. The van der Waals surface area contributed by atoms with Gasteiger partial charge >= 0.3 is 0 Å². The molecule has 0 aliphatic heterocycles. The molecule has 0 bridgehead atoms. The van der Waals surface area contributed by atoms with Crippen LogP contribution in [0.3, 0.4) is 0 Å². The highest BCUT2D eigenvalue weighted by atomic mass is 16.1. The van der Waals surface area contributed by atoms with Crippen molar-refractivity contribution in [2.75, 3.05) is 11.9 Å². The quantitative estimate of drug-likeness (QED) is 0.867. The fourth-order valence-electron chi connectivity index (χ4n) is 2.87. The van der Waals surface area contributed by atoms with Crippen molar-refractivity contribution in [1.29, 1.82) is 0 Å². The monoisotopic (exact) mass is 276 g/mol. The van der Waals surface area contributed by atoms with Gasteiger partial charge in [-0.05, 0) is 25.7 Å². The summed E-state index contributed by atoms with van der Waals surface area (Å²) in [5.41, 5.74) is 0.392. The van der Waals surface area contributed by atoms with Crippen LogP contribution in [-0.2, 0) is 0 Å². The highest BCUT2D eigenvalue weighted by Gasteiger charge is 2.25. The van der Waals surface area contributed by atoms with Crippen LogP contribution in [0, 0.1) is 5.92 Å². The van der Waals surface area contributed by atoms with Crippen molar-refractivity contribution in [3.63, 3.8) is 0 Å². The summed E-state index contributed by atoms with van der Waals surface area (Å²) in [7, 11) is 0. The van der Waals surface area contributed by atoms with Crippen LogP contribution in [0.15, 0.2) is 12.4 Å². The molecule has 1 saturated carbocycles. The second-order valence-corrected chi connectivity index (χ2v) is 5.35. The standard InChI is InChI=1S/C15H24N4O/c1-3-11-7-5-6-8-12(11)19-15(20)13-9-16-10-14(18-13)17-4-2/h9-12H,3-8H2,1-2H3,(H,17,18)(H,19,20). The minimum Gasteiger partial charge on any atom is -0.369 e. The van der Waals surface area contributed by atoms with Crippen LogP contribution in [0.4, 0.5) is 5.82 Å². The number of carbonyl (C=O) groups excluding carboxylic acids is 1. The fraction of sp³-hybridized carbons (Fsp3) is 0.667. The molecule has 1 aromatic heterocycles. The molecule has 2 rings (SSSR count). The summed E-state index contributed by atoms with van der Waals surface area (Å²) in [6, 6.07) is 0.283. The Hall–Kier alpha value is -1.65. The van der Waals surface area contributed by atoms with Crippen molar-refractivity contribution in [1.82, 2.24) is 15.3 Å². The highest BCUT2D eigenvalue weighted by molar-refractivity contribution is 5.92. The van der Waals surface area contributed by atoms with Crippen LogP contribution in [0.2, 0.25) is 0 Å². The fourth-order valence-corrected chi connectivity index (χ4v) is 2.87. The number of hydrogen-bond donors (Lipinski definition) is 2. The number of aromatic nitrogens is 2. The topological polar surface area (TPSA) is 66.9 Å². The third-order valence-corrected chi connectivity index (χ3v) is 3.98.